The van der Waals surface area contributed by atoms with Crippen LogP contribution in [0.4, 0.5) is 34.1 Å². The van der Waals surface area contributed by atoms with Crippen molar-refractivity contribution in [2.24, 2.45) is 10.8 Å². The van der Waals surface area contributed by atoms with Crippen LogP contribution in [0.2, 0.25) is 0 Å². The summed E-state index contributed by atoms with van der Waals surface area (Å²) in [6, 6.07) is 108. The Morgan fingerprint density at radius 1 is 0.234 bits per heavy atom. The van der Waals surface area contributed by atoms with Gasteiger partial charge in [-0.3, -0.25) is 0 Å². The summed E-state index contributed by atoms with van der Waals surface area (Å²) in [5, 5.41) is 9.99. The molecule has 2 heteroatoms. The quantitative estimate of drug-likeness (QED) is 0.157. The molecule has 0 N–H and O–H groups in total. The Morgan fingerprint density at radius 2 is 0.553 bits per heavy atom. The molecule has 0 amide bonds. The molecule has 0 aliphatic heterocycles. The van der Waals surface area contributed by atoms with Gasteiger partial charge in [-0.05, 0) is 193 Å². The van der Waals surface area contributed by atoms with Crippen molar-refractivity contribution in [2.45, 2.75) is 90.9 Å². The van der Waals surface area contributed by atoms with Gasteiger partial charge in [0, 0.05) is 55.2 Å². The van der Waals surface area contributed by atoms with Gasteiger partial charge in [0.25, 0.3) is 0 Å². The number of hydrogen-bond donors (Lipinski definition) is 0. The molecule has 4 aliphatic rings. The highest BCUT2D eigenvalue weighted by Crippen LogP contribution is 2.77. The first-order valence-corrected chi connectivity index (χ1v) is 33.8. The van der Waals surface area contributed by atoms with Crippen molar-refractivity contribution in [1.29, 1.82) is 0 Å². The van der Waals surface area contributed by atoms with Crippen LogP contribution in [0.1, 0.15) is 114 Å². The van der Waals surface area contributed by atoms with E-state index in [9.17, 15) is 0 Å². The Bertz CT molecular complexity index is 5190. The Hall–Kier alpha value is -10.3. The predicted octanol–water partition coefficient (Wildman–Crippen LogP) is 25.2. The zero-order valence-electron chi connectivity index (χ0n) is 55.5. The Balaban J connectivity index is 1.01. The number of anilines is 6. The molecule has 0 saturated carbocycles. The predicted molar refractivity (Wildman–Crippen MR) is 399 cm³/mol. The van der Waals surface area contributed by atoms with Crippen LogP contribution < -0.4 is 9.80 Å². The van der Waals surface area contributed by atoms with E-state index in [0.717, 1.165) is 34.1 Å². The highest BCUT2D eigenvalue weighted by molar-refractivity contribution is 6.19. The molecule has 0 radical (unpaired) electrons. The van der Waals surface area contributed by atoms with Gasteiger partial charge < -0.3 is 9.80 Å². The van der Waals surface area contributed by atoms with Crippen LogP contribution in [0.3, 0.4) is 0 Å². The van der Waals surface area contributed by atoms with Crippen LogP contribution in [0.25, 0.3) is 87.6 Å². The standard InChI is InChI=1S/C92H76N2/c1-87(2,3)91(75-51-45-57-29-17-19-35-63(57)83(75)85-71-41-23-21-39-69(71)81(55-79(85)91)93(59-31-13-11-14-32-59)61-47-49-67-65-37-25-27-43-73(65)89(7,8)77(67)53-61)92(88(4,5)6)76-52-46-58-30-18-20-36-64(58)84(76)86-72-42-24-22-40-70(72)82(56-80(86)92)94(60-33-15-12-16-34-60)62-48-50-68-66-38-26-28-44-74(66)90(9,10)78(68)54-62/h11-56H,1-10H3. The third-order valence-electron chi connectivity index (χ3n) is 23.0. The van der Waals surface area contributed by atoms with Crippen molar-refractivity contribution in [1.82, 2.24) is 0 Å². The van der Waals surface area contributed by atoms with Gasteiger partial charge in [0.1, 0.15) is 0 Å². The van der Waals surface area contributed by atoms with E-state index in [1.807, 2.05) is 0 Å². The number of rotatable bonds is 7. The molecule has 94 heavy (non-hydrogen) atoms. The molecule has 2 nitrogen and oxygen atoms in total. The van der Waals surface area contributed by atoms with Gasteiger partial charge in [-0.25, -0.2) is 0 Å². The first-order chi connectivity index (χ1) is 45.5. The normalized spacial score (nSPS) is 17.5. The second kappa shape index (κ2) is 19.6. The minimum Gasteiger partial charge on any atom is -0.310 e. The summed E-state index contributed by atoms with van der Waals surface area (Å²) in [5.74, 6) is 0. The number of nitrogens with zero attached hydrogens (tertiary/aromatic N) is 2. The van der Waals surface area contributed by atoms with E-state index in [0.29, 0.717) is 0 Å². The largest absolute Gasteiger partial charge is 0.310 e. The van der Waals surface area contributed by atoms with E-state index in [4.69, 9.17) is 0 Å². The maximum Gasteiger partial charge on any atom is 0.0543 e. The molecule has 0 heterocycles. The van der Waals surface area contributed by atoms with Crippen LogP contribution >= 0.6 is 0 Å². The van der Waals surface area contributed by atoms with Gasteiger partial charge in [-0.1, -0.05) is 288 Å². The third-order valence-corrected chi connectivity index (χ3v) is 23.0. The summed E-state index contributed by atoms with van der Waals surface area (Å²) in [7, 11) is 0. The molecule has 454 valence electrons. The minimum absolute atomic E-state index is 0.205. The first-order valence-electron chi connectivity index (χ1n) is 33.8. The number of hydrogen-bond acceptors (Lipinski definition) is 2. The lowest BCUT2D eigenvalue weighted by Gasteiger charge is -2.62. The molecule has 14 aromatic rings. The molecule has 0 spiro atoms. The summed E-state index contributed by atoms with van der Waals surface area (Å²) in [5.41, 5.74) is 25.4. The van der Waals surface area contributed by atoms with Gasteiger partial charge in [0.05, 0.1) is 11.4 Å². The maximum atomic E-state index is 2.71. The highest BCUT2D eigenvalue weighted by atomic mass is 15.2. The molecule has 2 atom stereocenters. The molecule has 2 unspecified atom stereocenters. The molecular formula is C92H76N2. The van der Waals surface area contributed by atoms with E-state index in [2.05, 4.69) is 358 Å². The van der Waals surface area contributed by atoms with E-state index >= 15 is 0 Å². The van der Waals surface area contributed by atoms with Gasteiger partial charge >= 0.3 is 0 Å². The first kappa shape index (κ1) is 56.5. The number of benzene rings is 14. The van der Waals surface area contributed by atoms with Gasteiger partial charge in [-0.15, -0.1) is 0 Å². The van der Waals surface area contributed by atoms with Gasteiger partial charge in [-0.2, -0.15) is 0 Å². The molecule has 4 aliphatic carbocycles. The van der Waals surface area contributed by atoms with E-state index < -0.39 is 21.7 Å². The average Bonchev–Trinajstić information content (AvgIpc) is 1.45. The smallest absolute Gasteiger partial charge is 0.0543 e. The van der Waals surface area contributed by atoms with Crippen molar-refractivity contribution in [3.05, 3.63) is 324 Å². The van der Waals surface area contributed by atoms with Gasteiger partial charge in [0.15, 0.2) is 0 Å². The van der Waals surface area contributed by atoms with Gasteiger partial charge in [0.2, 0.25) is 0 Å². The molecule has 0 aromatic heterocycles. The fraction of sp³-hybridized carbons (Fsp3) is 0.174. The number of fused-ring (bicyclic) bond motifs is 20. The summed E-state index contributed by atoms with van der Waals surface area (Å²) in [6.45, 7) is 25.1. The topological polar surface area (TPSA) is 6.48 Å². The number of para-hydroxylation sites is 2. The highest BCUT2D eigenvalue weighted by Gasteiger charge is 2.71. The van der Waals surface area contributed by atoms with Crippen molar-refractivity contribution >= 4 is 77.2 Å². The summed E-state index contributed by atoms with van der Waals surface area (Å²) >= 11 is 0. The fourth-order valence-corrected chi connectivity index (χ4v) is 19.4. The second-order valence-corrected chi connectivity index (χ2v) is 30.3. The molecule has 18 rings (SSSR count). The molecule has 0 saturated heterocycles. The Kier molecular flexibility index (Phi) is 11.8. The van der Waals surface area contributed by atoms with E-state index in [-0.39, 0.29) is 10.8 Å². The van der Waals surface area contributed by atoms with Crippen molar-refractivity contribution in [2.75, 3.05) is 9.80 Å². The lowest BCUT2D eigenvalue weighted by atomic mass is 9.39. The van der Waals surface area contributed by atoms with Crippen molar-refractivity contribution in [3.63, 3.8) is 0 Å². The SMILES string of the molecule is CC1(C)c2ccccc2-c2ccc(N(c3ccccc3)c3cc4c(c5ccccc35)-c3c(ccc5ccccc35)C4(C(C)(C)C)C3(C(C)(C)C)c4ccc5ccccc5c4-c4c3cc(N(c3ccccc3)c3ccc5c(c3)C(C)(C)c3ccccc3-5)c3ccccc43)cc21. The molecule has 0 fully saturated rings. The molecular weight excluding hydrogens is 1130 g/mol. The Labute approximate surface area is 553 Å². The van der Waals surface area contributed by atoms with Crippen LogP contribution in [0, 0.1) is 10.8 Å². The van der Waals surface area contributed by atoms with Crippen molar-refractivity contribution in [3.8, 4) is 44.5 Å². The minimum atomic E-state index is -0.793. The summed E-state index contributed by atoms with van der Waals surface area (Å²) in [4.78, 5) is 5.20. The average molecular weight is 1210 g/mol. The summed E-state index contributed by atoms with van der Waals surface area (Å²) < 4.78 is 0. The third kappa shape index (κ3) is 7.27. The molecule has 14 aromatic carbocycles. The van der Waals surface area contributed by atoms with E-state index in [1.165, 1.54) is 132 Å². The lowest BCUT2D eigenvalue weighted by molar-refractivity contribution is 0.0596. The summed E-state index contributed by atoms with van der Waals surface area (Å²) in [6.07, 6.45) is 0. The van der Waals surface area contributed by atoms with Crippen LogP contribution in [-0.4, -0.2) is 0 Å². The fourth-order valence-electron chi connectivity index (χ4n) is 19.4. The zero-order valence-corrected chi connectivity index (χ0v) is 55.5. The van der Waals surface area contributed by atoms with Crippen LogP contribution in [0.15, 0.2) is 279 Å². The maximum absolute atomic E-state index is 2.71. The van der Waals surface area contributed by atoms with E-state index in [1.54, 1.807) is 0 Å². The molecule has 0 bridgehead atoms. The van der Waals surface area contributed by atoms with Crippen molar-refractivity contribution < 1.29 is 0 Å². The lowest BCUT2D eigenvalue weighted by Crippen LogP contribution is -2.62. The van der Waals surface area contributed by atoms with Crippen LogP contribution in [0.5, 0.6) is 0 Å². The zero-order chi connectivity index (χ0) is 64.0. The van der Waals surface area contributed by atoms with Crippen LogP contribution in [-0.2, 0) is 21.7 Å². The Morgan fingerprint density at radius 3 is 0.947 bits per heavy atom. The second-order valence-electron chi connectivity index (χ2n) is 30.3. The monoisotopic (exact) mass is 1210 g/mol.